The predicted molar refractivity (Wildman–Crippen MR) is 50.5 cm³/mol. The quantitative estimate of drug-likeness (QED) is 0.715. The Morgan fingerprint density at radius 2 is 2.20 bits per heavy atom. The molecule has 0 N–H and O–H groups in total. The lowest BCUT2D eigenvalue weighted by molar-refractivity contribution is -0.107. The van der Waals surface area contributed by atoms with Crippen LogP contribution in [-0.4, -0.2) is 6.29 Å². The number of halogens is 2. The number of nitrogens with zero attached hydrogens (tertiary/aromatic N) is 1. The molecule has 0 aromatic heterocycles. The van der Waals surface area contributed by atoms with Gasteiger partial charge in [0.2, 0.25) is 0 Å². The molecule has 1 rings (SSSR count). The molecule has 1 aromatic rings. The van der Waals surface area contributed by atoms with Crippen LogP contribution in [0.25, 0.3) is 0 Å². The van der Waals surface area contributed by atoms with Gasteiger partial charge < -0.3 is 4.79 Å². The van der Waals surface area contributed by atoms with Crippen LogP contribution in [0.1, 0.15) is 29.5 Å². The summed E-state index contributed by atoms with van der Waals surface area (Å²) >= 11 is 0. The summed E-state index contributed by atoms with van der Waals surface area (Å²) in [7, 11) is 0. The van der Waals surface area contributed by atoms with Gasteiger partial charge in [-0.15, -0.1) is 0 Å². The van der Waals surface area contributed by atoms with Crippen molar-refractivity contribution in [1.29, 1.82) is 5.26 Å². The average molecular weight is 209 g/mol. The van der Waals surface area contributed by atoms with Crippen molar-refractivity contribution in [1.82, 2.24) is 0 Å². The summed E-state index contributed by atoms with van der Waals surface area (Å²) in [5.41, 5.74) is 0.604. The molecule has 78 valence electrons. The van der Waals surface area contributed by atoms with Crippen LogP contribution >= 0.6 is 0 Å². The molecule has 4 heteroatoms. The van der Waals surface area contributed by atoms with Crippen molar-refractivity contribution in [2.75, 3.05) is 0 Å². The van der Waals surface area contributed by atoms with Crippen LogP contribution in [0.3, 0.4) is 0 Å². The molecule has 2 nitrogen and oxygen atoms in total. The van der Waals surface area contributed by atoms with E-state index in [2.05, 4.69) is 0 Å². The third-order valence-electron chi connectivity index (χ3n) is 2.04. The number of rotatable bonds is 4. The molecule has 15 heavy (non-hydrogen) atoms. The lowest BCUT2D eigenvalue weighted by Gasteiger charge is -2.07. The maximum Gasteiger partial charge on any atom is 0.264 e. The van der Waals surface area contributed by atoms with E-state index in [0.29, 0.717) is 17.4 Å². The number of benzene rings is 1. The van der Waals surface area contributed by atoms with Crippen molar-refractivity contribution in [3.8, 4) is 6.07 Å². The van der Waals surface area contributed by atoms with E-state index in [4.69, 9.17) is 5.26 Å². The molecule has 0 aliphatic carbocycles. The number of carbonyl (C=O) groups excluding carboxylic acids is 1. The van der Waals surface area contributed by atoms with Gasteiger partial charge in [-0.05, 0) is 24.1 Å². The van der Waals surface area contributed by atoms with Crippen molar-refractivity contribution >= 4 is 6.29 Å². The van der Waals surface area contributed by atoms with Crippen LogP contribution in [-0.2, 0) is 11.2 Å². The fraction of sp³-hybridized carbons (Fsp3) is 0.273. The van der Waals surface area contributed by atoms with Gasteiger partial charge in [0.15, 0.2) is 0 Å². The molecular weight excluding hydrogens is 200 g/mol. The molecule has 0 amide bonds. The van der Waals surface area contributed by atoms with E-state index in [0.717, 1.165) is 0 Å². The fourth-order valence-corrected chi connectivity index (χ4v) is 1.32. The van der Waals surface area contributed by atoms with Gasteiger partial charge in [0.05, 0.1) is 11.6 Å². The monoisotopic (exact) mass is 209 g/mol. The number of aldehydes is 1. The minimum absolute atomic E-state index is 0.101. The molecule has 0 bridgehead atoms. The summed E-state index contributed by atoms with van der Waals surface area (Å²) in [5, 5.41) is 8.61. The van der Waals surface area contributed by atoms with Gasteiger partial charge in [0.25, 0.3) is 6.43 Å². The zero-order valence-electron chi connectivity index (χ0n) is 7.91. The van der Waals surface area contributed by atoms with Gasteiger partial charge in [-0.1, -0.05) is 6.07 Å². The number of alkyl halides is 2. The summed E-state index contributed by atoms with van der Waals surface area (Å²) in [6.07, 6.45) is -1.46. The van der Waals surface area contributed by atoms with Crippen LogP contribution in [0.2, 0.25) is 0 Å². The number of aryl methyl sites for hydroxylation is 1. The minimum atomic E-state index is -2.57. The minimum Gasteiger partial charge on any atom is -0.303 e. The summed E-state index contributed by atoms with van der Waals surface area (Å²) in [6.45, 7) is 0. The SMILES string of the molecule is N#Cc1ccc(C(F)F)c(CCC=O)c1. The standard InChI is InChI=1S/C11H9F2NO/c12-11(13)10-4-3-8(7-14)6-9(10)2-1-5-15/h3-6,11H,1-2H2. The smallest absolute Gasteiger partial charge is 0.264 e. The number of carbonyl (C=O) groups is 1. The first-order valence-corrected chi connectivity index (χ1v) is 4.43. The van der Waals surface area contributed by atoms with Gasteiger partial charge in [-0.2, -0.15) is 5.26 Å². The molecule has 0 aliphatic heterocycles. The molecule has 0 fully saturated rings. The second kappa shape index (κ2) is 5.20. The van der Waals surface area contributed by atoms with Crippen LogP contribution in [0.15, 0.2) is 18.2 Å². The summed E-state index contributed by atoms with van der Waals surface area (Å²) in [4.78, 5) is 10.2. The van der Waals surface area contributed by atoms with E-state index in [1.807, 2.05) is 6.07 Å². The van der Waals surface area contributed by atoms with Gasteiger partial charge in [-0.25, -0.2) is 8.78 Å². The lowest BCUT2D eigenvalue weighted by atomic mass is 10.0. The second-order valence-corrected chi connectivity index (χ2v) is 3.03. The molecule has 0 saturated carbocycles. The Bertz CT molecular complexity index is 396. The third kappa shape index (κ3) is 2.84. The van der Waals surface area contributed by atoms with Crippen molar-refractivity contribution in [2.45, 2.75) is 19.3 Å². The first-order chi connectivity index (χ1) is 7.19. The topological polar surface area (TPSA) is 40.9 Å². The Balaban J connectivity index is 3.05. The Labute approximate surface area is 86.1 Å². The molecular formula is C11H9F2NO. The Morgan fingerprint density at radius 1 is 1.47 bits per heavy atom. The predicted octanol–water partition coefficient (Wildman–Crippen LogP) is 2.63. The average Bonchev–Trinajstić information content (AvgIpc) is 2.25. The third-order valence-corrected chi connectivity index (χ3v) is 2.04. The second-order valence-electron chi connectivity index (χ2n) is 3.03. The molecule has 0 unspecified atom stereocenters. The Hall–Kier alpha value is -1.76. The van der Waals surface area contributed by atoms with Crippen molar-refractivity contribution in [2.24, 2.45) is 0 Å². The molecule has 0 spiro atoms. The van der Waals surface area contributed by atoms with E-state index in [9.17, 15) is 13.6 Å². The highest BCUT2D eigenvalue weighted by Gasteiger charge is 2.12. The zero-order chi connectivity index (χ0) is 11.3. The number of hydrogen-bond acceptors (Lipinski definition) is 2. The van der Waals surface area contributed by atoms with Gasteiger partial charge in [0.1, 0.15) is 6.29 Å². The highest BCUT2D eigenvalue weighted by Crippen LogP contribution is 2.24. The van der Waals surface area contributed by atoms with Crippen LogP contribution in [0.5, 0.6) is 0 Å². The zero-order valence-corrected chi connectivity index (χ0v) is 7.91. The van der Waals surface area contributed by atoms with Crippen molar-refractivity contribution < 1.29 is 13.6 Å². The van der Waals surface area contributed by atoms with Crippen molar-refractivity contribution in [3.63, 3.8) is 0 Å². The van der Waals surface area contributed by atoms with Crippen LogP contribution in [0.4, 0.5) is 8.78 Å². The Morgan fingerprint density at radius 3 is 2.73 bits per heavy atom. The normalized spacial score (nSPS) is 10.0. The molecule has 0 atom stereocenters. The molecule has 0 aliphatic rings. The van der Waals surface area contributed by atoms with E-state index in [1.54, 1.807) is 0 Å². The van der Waals surface area contributed by atoms with Crippen molar-refractivity contribution in [3.05, 3.63) is 34.9 Å². The first kappa shape index (κ1) is 11.3. The van der Waals surface area contributed by atoms with Crippen LogP contribution < -0.4 is 0 Å². The highest BCUT2D eigenvalue weighted by molar-refractivity contribution is 5.51. The molecule has 0 saturated heterocycles. The number of nitriles is 1. The van der Waals surface area contributed by atoms with E-state index >= 15 is 0 Å². The molecule has 0 heterocycles. The van der Waals surface area contributed by atoms with E-state index in [-0.39, 0.29) is 18.4 Å². The van der Waals surface area contributed by atoms with E-state index < -0.39 is 6.43 Å². The number of hydrogen-bond donors (Lipinski definition) is 0. The van der Waals surface area contributed by atoms with Crippen LogP contribution in [0, 0.1) is 11.3 Å². The molecule has 1 aromatic carbocycles. The first-order valence-electron chi connectivity index (χ1n) is 4.43. The van der Waals surface area contributed by atoms with Gasteiger partial charge in [-0.3, -0.25) is 0 Å². The summed E-state index contributed by atoms with van der Waals surface area (Å²) in [6, 6.07) is 5.88. The summed E-state index contributed by atoms with van der Waals surface area (Å²) < 4.78 is 25.0. The highest BCUT2D eigenvalue weighted by atomic mass is 19.3. The van der Waals surface area contributed by atoms with Gasteiger partial charge in [0, 0.05) is 12.0 Å². The molecule has 0 radical (unpaired) electrons. The summed E-state index contributed by atoms with van der Waals surface area (Å²) in [5.74, 6) is 0. The van der Waals surface area contributed by atoms with Gasteiger partial charge >= 0.3 is 0 Å². The lowest BCUT2D eigenvalue weighted by Crippen LogP contribution is -1.96. The Kier molecular flexibility index (Phi) is 3.92. The largest absolute Gasteiger partial charge is 0.303 e. The maximum absolute atomic E-state index is 12.5. The van der Waals surface area contributed by atoms with E-state index in [1.165, 1.54) is 18.2 Å². The maximum atomic E-state index is 12.5. The fourth-order valence-electron chi connectivity index (χ4n) is 1.32.